The van der Waals surface area contributed by atoms with Crippen LogP contribution in [0.1, 0.15) is 24.2 Å². The fourth-order valence-corrected chi connectivity index (χ4v) is 2.37. The highest BCUT2D eigenvalue weighted by atomic mass is 16.1. The molecular weight excluding hydrogens is 238 g/mol. The molecule has 4 nitrogen and oxygen atoms in total. The maximum atomic E-state index is 11.3. The second-order valence-electron chi connectivity index (χ2n) is 5.15. The fraction of sp³-hybridized carbons (Fsp3) is 0.533. The van der Waals surface area contributed by atoms with Gasteiger partial charge in [0.1, 0.15) is 0 Å². The molecule has 1 unspecified atom stereocenters. The number of ketones is 1. The largest absolute Gasteiger partial charge is 0.383 e. The van der Waals surface area contributed by atoms with Crippen molar-refractivity contribution in [2.45, 2.75) is 19.9 Å². The molecule has 1 saturated heterocycles. The van der Waals surface area contributed by atoms with Crippen LogP contribution in [-0.4, -0.2) is 49.4 Å². The number of hydrogen-bond acceptors (Lipinski definition) is 4. The lowest BCUT2D eigenvalue weighted by atomic mass is 10.1. The summed E-state index contributed by atoms with van der Waals surface area (Å²) in [4.78, 5) is 13.8. The smallest absolute Gasteiger partial charge is 0.159 e. The Kier molecular flexibility index (Phi) is 4.93. The molecule has 104 valence electrons. The Hall–Kier alpha value is -1.39. The normalized spacial score (nSPS) is 18.0. The average Bonchev–Trinajstić information content (AvgIpc) is 2.46. The maximum Gasteiger partial charge on any atom is 0.159 e. The van der Waals surface area contributed by atoms with Crippen molar-refractivity contribution in [3.8, 4) is 0 Å². The summed E-state index contributed by atoms with van der Waals surface area (Å²) < 4.78 is 0. The molecule has 0 amide bonds. The van der Waals surface area contributed by atoms with Crippen LogP contribution in [-0.2, 0) is 0 Å². The number of benzene rings is 1. The summed E-state index contributed by atoms with van der Waals surface area (Å²) in [6, 6.07) is 8.22. The predicted molar refractivity (Wildman–Crippen MR) is 78.8 cm³/mol. The summed E-state index contributed by atoms with van der Waals surface area (Å²) in [6.45, 7) is 9.11. The van der Waals surface area contributed by atoms with Gasteiger partial charge >= 0.3 is 0 Å². The van der Waals surface area contributed by atoms with Crippen LogP contribution in [0.5, 0.6) is 0 Å². The number of anilines is 1. The molecule has 1 aliphatic heterocycles. The standard InChI is InChI=1S/C15H23N3O/c1-12(18-8-6-16-7-9-18)11-17-15-5-3-4-14(10-15)13(2)19/h3-5,10,12,16-17H,6-9,11H2,1-2H3. The average molecular weight is 261 g/mol. The van der Waals surface area contributed by atoms with Crippen LogP contribution < -0.4 is 10.6 Å². The molecule has 0 bridgehead atoms. The van der Waals surface area contributed by atoms with E-state index >= 15 is 0 Å². The minimum atomic E-state index is 0.110. The van der Waals surface area contributed by atoms with Crippen LogP contribution in [0.25, 0.3) is 0 Å². The molecule has 1 aromatic carbocycles. The van der Waals surface area contributed by atoms with Crippen molar-refractivity contribution in [1.29, 1.82) is 0 Å². The van der Waals surface area contributed by atoms with Crippen molar-refractivity contribution in [1.82, 2.24) is 10.2 Å². The molecule has 0 saturated carbocycles. The van der Waals surface area contributed by atoms with Gasteiger partial charge in [0.2, 0.25) is 0 Å². The van der Waals surface area contributed by atoms with Gasteiger partial charge < -0.3 is 10.6 Å². The minimum absolute atomic E-state index is 0.110. The second-order valence-corrected chi connectivity index (χ2v) is 5.15. The van der Waals surface area contributed by atoms with Crippen molar-refractivity contribution >= 4 is 11.5 Å². The number of nitrogens with zero attached hydrogens (tertiary/aromatic N) is 1. The lowest BCUT2D eigenvalue weighted by Gasteiger charge is -2.33. The molecule has 0 aromatic heterocycles. The predicted octanol–water partition coefficient (Wildman–Crippen LogP) is 1.59. The highest BCUT2D eigenvalue weighted by Crippen LogP contribution is 2.12. The number of carbonyl (C=O) groups excluding carboxylic acids is 1. The third-order valence-corrected chi connectivity index (χ3v) is 3.65. The Morgan fingerprint density at radius 1 is 1.42 bits per heavy atom. The van der Waals surface area contributed by atoms with E-state index in [-0.39, 0.29) is 5.78 Å². The van der Waals surface area contributed by atoms with Crippen molar-refractivity contribution < 1.29 is 4.79 Å². The van der Waals surface area contributed by atoms with Crippen LogP contribution in [0.2, 0.25) is 0 Å². The molecule has 1 aromatic rings. The molecule has 2 rings (SSSR count). The zero-order valence-electron chi connectivity index (χ0n) is 11.8. The quantitative estimate of drug-likeness (QED) is 0.790. The molecule has 4 heteroatoms. The van der Waals surface area contributed by atoms with Crippen molar-refractivity contribution in [2.75, 3.05) is 38.0 Å². The van der Waals surface area contributed by atoms with E-state index in [4.69, 9.17) is 0 Å². The SMILES string of the molecule is CC(=O)c1cccc(NCC(C)N2CCNCC2)c1. The van der Waals surface area contributed by atoms with Gasteiger partial charge in [-0.1, -0.05) is 12.1 Å². The van der Waals surface area contributed by atoms with Gasteiger partial charge in [-0.15, -0.1) is 0 Å². The van der Waals surface area contributed by atoms with Crippen molar-refractivity contribution in [2.24, 2.45) is 0 Å². The number of piperazine rings is 1. The first-order valence-corrected chi connectivity index (χ1v) is 6.96. The number of hydrogen-bond donors (Lipinski definition) is 2. The number of carbonyl (C=O) groups is 1. The molecule has 19 heavy (non-hydrogen) atoms. The van der Waals surface area contributed by atoms with Gasteiger partial charge in [0.15, 0.2) is 5.78 Å². The molecule has 2 N–H and O–H groups in total. The highest BCUT2D eigenvalue weighted by molar-refractivity contribution is 5.94. The number of nitrogens with one attached hydrogen (secondary N) is 2. The summed E-state index contributed by atoms with van der Waals surface area (Å²) in [5.74, 6) is 0.110. The lowest BCUT2D eigenvalue weighted by molar-refractivity contribution is 0.101. The van der Waals surface area contributed by atoms with E-state index in [1.165, 1.54) is 0 Å². The van der Waals surface area contributed by atoms with Gasteiger partial charge in [-0.05, 0) is 26.0 Å². The minimum Gasteiger partial charge on any atom is -0.383 e. The van der Waals surface area contributed by atoms with E-state index in [1.54, 1.807) is 6.92 Å². The topological polar surface area (TPSA) is 44.4 Å². The first-order chi connectivity index (χ1) is 9.16. The van der Waals surface area contributed by atoms with E-state index in [0.29, 0.717) is 6.04 Å². The van der Waals surface area contributed by atoms with Crippen molar-refractivity contribution in [3.63, 3.8) is 0 Å². The van der Waals surface area contributed by atoms with Gasteiger partial charge in [0.05, 0.1) is 0 Å². The van der Waals surface area contributed by atoms with E-state index in [9.17, 15) is 4.79 Å². The van der Waals surface area contributed by atoms with E-state index in [0.717, 1.165) is 44.0 Å². The van der Waals surface area contributed by atoms with Crippen LogP contribution >= 0.6 is 0 Å². The zero-order valence-corrected chi connectivity index (χ0v) is 11.8. The van der Waals surface area contributed by atoms with Gasteiger partial charge in [0, 0.05) is 50.0 Å². The van der Waals surface area contributed by atoms with Gasteiger partial charge in [-0.3, -0.25) is 9.69 Å². The molecular formula is C15H23N3O. The third-order valence-electron chi connectivity index (χ3n) is 3.65. The summed E-state index contributed by atoms with van der Waals surface area (Å²) in [5, 5.41) is 6.79. The zero-order chi connectivity index (χ0) is 13.7. The Morgan fingerprint density at radius 2 is 2.16 bits per heavy atom. The Morgan fingerprint density at radius 3 is 2.84 bits per heavy atom. The van der Waals surface area contributed by atoms with E-state index < -0.39 is 0 Å². The second kappa shape index (κ2) is 6.68. The maximum absolute atomic E-state index is 11.3. The van der Waals surface area contributed by atoms with Crippen molar-refractivity contribution in [3.05, 3.63) is 29.8 Å². The summed E-state index contributed by atoms with van der Waals surface area (Å²) in [7, 11) is 0. The van der Waals surface area contributed by atoms with Gasteiger partial charge in [-0.2, -0.15) is 0 Å². The van der Waals surface area contributed by atoms with Crippen LogP contribution in [0, 0.1) is 0 Å². The third kappa shape index (κ3) is 4.04. The van der Waals surface area contributed by atoms with Crippen LogP contribution in [0.4, 0.5) is 5.69 Å². The molecule has 0 radical (unpaired) electrons. The Labute approximate surface area is 115 Å². The molecule has 1 aliphatic rings. The molecule has 1 heterocycles. The highest BCUT2D eigenvalue weighted by Gasteiger charge is 2.15. The lowest BCUT2D eigenvalue weighted by Crippen LogP contribution is -2.49. The fourth-order valence-electron chi connectivity index (χ4n) is 2.37. The molecule has 1 fully saturated rings. The summed E-state index contributed by atoms with van der Waals surface area (Å²) in [6.07, 6.45) is 0. The first-order valence-electron chi connectivity index (χ1n) is 6.96. The van der Waals surface area contributed by atoms with Crippen LogP contribution in [0.15, 0.2) is 24.3 Å². The van der Waals surface area contributed by atoms with E-state index in [1.807, 2.05) is 24.3 Å². The molecule has 1 atom stereocenters. The van der Waals surface area contributed by atoms with Crippen LogP contribution in [0.3, 0.4) is 0 Å². The van der Waals surface area contributed by atoms with Gasteiger partial charge in [-0.25, -0.2) is 0 Å². The van der Waals surface area contributed by atoms with E-state index in [2.05, 4.69) is 22.5 Å². The summed E-state index contributed by atoms with van der Waals surface area (Å²) in [5.41, 5.74) is 1.79. The Balaban J connectivity index is 1.87. The Bertz CT molecular complexity index is 427. The number of Topliss-reactive ketones (excluding diaryl/α,β-unsaturated/α-hetero) is 1. The number of rotatable bonds is 5. The monoisotopic (exact) mass is 261 g/mol. The van der Waals surface area contributed by atoms with Gasteiger partial charge in [0.25, 0.3) is 0 Å². The summed E-state index contributed by atoms with van der Waals surface area (Å²) >= 11 is 0. The molecule has 0 aliphatic carbocycles. The first kappa shape index (κ1) is 14.0. The molecule has 0 spiro atoms.